The summed E-state index contributed by atoms with van der Waals surface area (Å²) in [6.45, 7) is 3.95. The number of carbonyl (C=O) groups is 1. The third kappa shape index (κ3) is 3.34. The van der Waals surface area contributed by atoms with Crippen molar-refractivity contribution in [3.8, 4) is 5.69 Å². The number of amides is 1. The number of amidine groups is 2. The fourth-order valence-corrected chi connectivity index (χ4v) is 4.64. The first kappa shape index (κ1) is 19.6. The molecule has 2 aromatic heterocycles. The Bertz CT molecular complexity index is 1330. The van der Waals surface area contributed by atoms with Gasteiger partial charge in [0.2, 0.25) is 5.17 Å². The molecule has 0 atom stereocenters. The number of hydrogen-bond acceptors (Lipinski definition) is 5. The fourth-order valence-electron chi connectivity index (χ4n) is 3.59. The highest BCUT2D eigenvalue weighted by atomic mass is 35.5. The summed E-state index contributed by atoms with van der Waals surface area (Å²) in [7, 11) is 0. The number of aromatic nitrogens is 1. The Morgan fingerprint density at radius 3 is 2.77 bits per heavy atom. The normalized spacial score (nSPS) is 17.3. The number of halogens is 1. The van der Waals surface area contributed by atoms with E-state index in [1.807, 2.05) is 44.2 Å². The molecule has 0 aliphatic carbocycles. The van der Waals surface area contributed by atoms with Crippen molar-refractivity contribution in [2.45, 2.75) is 13.8 Å². The van der Waals surface area contributed by atoms with E-state index in [1.165, 1.54) is 16.8 Å². The van der Waals surface area contributed by atoms with Gasteiger partial charge in [0.05, 0.1) is 11.8 Å². The van der Waals surface area contributed by atoms with Crippen LogP contribution in [0.15, 0.2) is 68.8 Å². The molecule has 2 aliphatic heterocycles. The van der Waals surface area contributed by atoms with Crippen LogP contribution < -0.4 is 0 Å². The first-order valence-electron chi connectivity index (χ1n) is 9.41. The van der Waals surface area contributed by atoms with Gasteiger partial charge in [-0.25, -0.2) is 0 Å². The van der Waals surface area contributed by atoms with Crippen LogP contribution in [0.5, 0.6) is 0 Å². The quantitative estimate of drug-likeness (QED) is 0.569. The molecule has 31 heavy (non-hydrogen) atoms. The van der Waals surface area contributed by atoms with Gasteiger partial charge in [-0.3, -0.25) is 10.2 Å². The van der Waals surface area contributed by atoms with E-state index in [2.05, 4.69) is 14.7 Å². The standard InChI is InChI=1S/C22H16ClN5O2S/c1-12-9-14(13(2)27(12)16-6-3-5-15(23)11-16)10-17-19(24)28-22(25-20(17)29)31-21(26-28)18-7-4-8-30-18/h3-11,24H,1-2H3. The highest BCUT2D eigenvalue weighted by molar-refractivity contribution is 8.27. The third-order valence-corrected chi connectivity index (χ3v) is 6.18. The van der Waals surface area contributed by atoms with Gasteiger partial charge in [0.25, 0.3) is 5.91 Å². The summed E-state index contributed by atoms with van der Waals surface area (Å²) in [5.41, 5.74) is 3.85. The monoisotopic (exact) mass is 449 g/mol. The zero-order valence-corrected chi connectivity index (χ0v) is 18.2. The predicted molar refractivity (Wildman–Crippen MR) is 123 cm³/mol. The van der Waals surface area contributed by atoms with Gasteiger partial charge in [-0.05, 0) is 73.6 Å². The lowest BCUT2D eigenvalue weighted by molar-refractivity contribution is -0.114. The first-order chi connectivity index (χ1) is 14.9. The number of hydrazone groups is 1. The Kier molecular flexibility index (Phi) is 4.68. The number of thioether (sulfide) groups is 1. The summed E-state index contributed by atoms with van der Waals surface area (Å²) >= 11 is 7.36. The minimum absolute atomic E-state index is 0.0170. The van der Waals surface area contributed by atoms with E-state index in [-0.39, 0.29) is 11.4 Å². The van der Waals surface area contributed by atoms with E-state index in [0.29, 0.717) is 21.0 Å². The molecule has 9 heteroatoms. The number of aliphatic imine (C=N–C) groups is 1. The van der Waals surface area contributed by atoms with Crippen molar-refractivity contribution in [3.63, 3.8) is 0 Å². The summed E-state index contributed by atoms with van der Waals surface area (Å²) in [6, 6.07) is 13.1. The average molecular weight is 450 g/mol. The second-order valence-corrected chi connectivity index (χ2v) is 8.44. The molecule has 0 fully saturated rings. The molecule has 0 saturated heterocycles. The van der Waals surface area contributed by atoms with Crippen LogP contribution in [0.1, 0.15) is 22.7 Å². The number of fused-ring (bicyclic) bond motifs is 1. The van der Waals surface area contributed by atoms with Gasteiger partial charge in [-0.15, -0.1) is 0 Å². The van der Waals surface area contributed by atoms with Crippen molar-refractivity contribution in [2.24, 2.45) is 10.1 Å². The van der Waals surface area contributed by atoms with Crippen LogP contribution in [-0.4, -0.2) is 31.5 Å². The number of nitrogens with one attached hydrogen (secondary N) is 1. The Hall–Kier alpha value is -3.36. The number of carbonyl (C=O) groups excluding carboxylic acids is 1. The molecule has 0 bridgehead atoms. The third-order valence-electron chi connectivity index (χ3n) is 5.02. The Balaban J connectivity index is 1.53. The van der Waals surface area contributed by atoms with Crippen LogP contribution in [0, 0.1) is 19.3 Å². The molecule has 4 heterocycles. The van der Waals surface area contributed by atoms with E-state index in [9.17, 15) is 4.79 Å². The van der Waals surface area contributed by atoms with Gasteiger partial charge in [0, 0.05) is 22.1 Å². The Labute approximate surface area is 187 Å². The summed E-state index contributed by atoms with van der Waals surface area (Å²) in [4.78, 5) is 16.9. The maximum atomic E-state index is 12.7. The number of benzene rings is 1. The van der Waals surface area contributed by atoms with Crippen LogP contribution in [0.4, 0.5) is 0 Å². The van der Waals surface area contributed by atoms with Crippen molar-refractivity contribution in [3.05, 3.63) is 82.0 Å². The van der Waals surface area contributed by atoms with E-state index < -0.39 is 5.91 Å². The zero-order valence-electron chi connectivity index (χ0n) is 16.6. The lowest BCUT2D eigenvalue weighted by Crippen LogP contribution is -2.35. The molecular formula is C22H16ClN5O2S. The summed E-state index contributed by atoms with van der Waals surface area (Å²) in [5.74, 6) is 0.0850. The number of aryl methyl sites for hydroxylation is 1. The average Bonchev–Trinajstić information content (AvgIpc) is 3.45. The number of furan rings is 1. The molecule has 0 unspecified atom stereocenters. The van der Waals surface area contributed by atoms with Crippen molar-refractivity contribution in [1.82, 2.24) is 9.58 Å². The molecule has 2 aliphatic rings. The first-order valence-corrected chi connectivity index (χ1v) is 10.6. The molecule has 1 amide bonds. The van der Waals surface area contributed by atoms with E-state index in [0.717, 1.165) is 22.6 Å². The molecule has 0 spiro atoms. The highest BCUT2D eigenvalue weighted by Crippen LogP contribution is 2.32. The molecule has 154 valence electrons. The minimum atomic E-state index is -0.466. The fraction of sp³-hybridized carbons (Fsp3) is 0.0909. The van der Waals surface area contributed by atoms with Crippen LogP contribution in [-0.2, 0) is 4.79 Å². The van der Waals surface area contributed by atoms with Crippen molar-refractivity contribution < 1.29 is 9.21 Å². The van der Waals surface area contributed by atoms with Crippen molar-refractivity contribution in [2.75, 3.05) is 0 Å². The molecular weight excluding hydrogens is 434 g/mol. The molecule has 0 saturated carbocycles. The molecule has 3 aromatic rings. The molecule has 1 aromatic carbocycles. The van der Waals surface area contributed by atoms with Crippen molar-refractivity contribution >= 4 is 51.4 Å². The summed E-state index contributed by atoms with van der Waals surface area (Å²) in [6.07, 6.45) is 3.24. The van der Waals surface area contributed by atoms with E-state index >= 15 is 0 Å². The summed E-state index contributed by atoms with van der Waals surface area (Å²) < 4.78 is 7.43. The number of nitrogens with zero attached hydrogens (tertiary/aromatic N) is 4. The largest absolute Gasteiger partial charge is 0.462 e. The Morgan fingerprint density at radius 2 is 2.03 bits per heavy atom. The van der Waals surface area contributed by atoms with Crippen LogP contribution in [0.3, 0.4) is 0 Å². The maximum absolute atomic E-state index is 12.7. The molecule has 5 rings (SSSR count). The SMILES string of the molecule is Cc1cc(C=C2C(=N)N3N=C(c4ccco4)SC3=NC2=O)c(C)n1-c1cccc(Cl)c1. The molecule has 0 radical (unpaired) electrons. The van der Waals surface area contributed by atoms with Gasteiger partial charge in [-0.2, -0.15) is 15.1 Å². The Morgan fingerprint density at radius 1 is 1.19 bits per heavy atom. The second-order valence-electron chi connectivity index (χ2n) is 7.04. The van der Waals surface area contributed by atoms with Crippen LogP contribution >= 0.6 is 23.4 Å². The smallest absolute Gasteiger partial charge is 0.283 e. The second kappa shape index (κ2) is 7.40. The summed E-state index contributed by atoms with van der Waals surface area (Å²) in [5, 5.41) is 15.9. The lowest BCUT2D eigenvalue weighted by Gasteiger charge is -2.20. The van der Waals surface area contributed by atoms with Gasteiger partial charge in [0.15, 0.2) is 16.6 Å². The van der Waals surface area contributed by atoms with Gasteiger partial charge < -0.3 is 8.98 Å². The maximum Gasteiger partial charge on any atom is 0.283 e. The number of hydrogen-bond donors (Lipinski definition) is 1. The van der Waals surface area contributed by atoms with Crippen LogP contribution in [0.2, 0.25) is 5.02 Å². The van der Waals surface area contributed by atoms with E-state index in [4.69, 9.17) is 21.4 Å². The van der Waals surface area contributed by atoms with Gasteiger partial charge in [0.1, 0.15) is 0 Å². The van der Waals surface area contributed by atoms with Gasteiger partial charge >= 0.3 is 0 Å². The molecule has 7 nitrogen and oxygen atoms in total. The predicted octanol–water partition coefficient (Wildman–Crippen LogP) is 5.01. The minimum Gasteiger partial charge on any atom is -0.462 e. The zero-order chi connectivity index (χ0) is 21.7. The van der Waals surface area contributed by atoms with Gasteiger partial charge in [-0.1, -0.05) is 17.7 Å². The lowest BCUT2D eigenvalue weighted by atomic mass is 10.1. The topological polar surface area (TPSA) is 87.0 Å². The molecule has 1 N–H and O–H groups in total. The van der Waals surface area contributed by atoms with Crippen LogP contribution in [0.25, 0.3) is 11.8 Å². The van der Waals surface area contributed by atoms with E-state index in [1.54, 1.807) is 24.5 Å². The highest BCUT2D eigenvalue weighted by Gasteiger charge is 2.36. The van der Waals surface area contributed by atoms with Crippen molar-refractivity contribution in [1.29, 1.82) is 5.41 Å². The number of rotatable bonds is 3.